The standard InChI is InChI=1S/C20H24ClN5/c1-4-5-16-8-18(6-7-22-16)26-13-15(11-25-26)20-19(21)9-17(12-24-20)23-10-14(2)3/h6-9,11-14,23H,4-5,10H2,1-3H3. The van der Waals surface area contributed by atoms with Crippen molar-refractivity contribution >= 4 is 17.3 Å². The summed E-state index contributed by atoms with van der Waals surface area (Å²) in [5, 5.41) is 8.41. The van der Waals surface area contributed by atoms with Crippen LogP contribution in [0.5, 0.6) is 0 Å². The first-order valence-corrected chi connectivity index (χ1v) is 9.34. The van der Waals surface area contributed by atoms with E-state index >= 15 is 0 Å². The molecule has 0 aliphatic heterocycles. The van der Waals surface area contributed by atoms with E-state index in [0.29, 0.717) is 10.9 Å². The molecule has 136 valence electrons. The van der Waals surface area contributed by atoms with Gasteiger partial charge in [0.05, 0.1) is 34.5 Å². The molecule has 3 rings (SSSR count). The summed E-state index contributed by atoms with van der Waals surface area (Å²) in [6, 6.07) is 5.92. The second kappa shape index (κ2) is 8.32. The smallest absolute Gasteiger partial charge is 0.0921 e. The molecule has 0 aromatic carbocycles. The van der Waals surface area contributed by atoms with Gasteiger partial charge < -0.3 is 5.32 Å². The van der Waals surface area contributed by atoms with Gasteiger partial charge in [-0.05, 0) is 30.5 Å². The molecule has 3 aromatic rings. The van der Waals surface area contributed by atoms with E-state index in [-0.39, 0.29) is 0 Å². The van der Waals surface area contributed by atoms with E-state index in [9.17, 15) is 0 Å². The Hall–Kier alpha value is -2.40. The van der Waals surface area contributed by atoms with E-state index in [0.717, 1.165) is 47.7 Å². The Balaban J connectivity index is 1.82. The van der Waals surface area contributed by atoms with Crippen LogP contribution >= 0.6 is 11.6 Å². The number of nitrogens with zero attached hydrogens (tertiary/aromatic N) is 4. The average molecular weight is 370 g/mol. The first-order chi connectivity index (χ1) is 12.6. The van der Waals surface area contributed by atoms with E-state index in [1.807, 2.05) is 35.4 Å². The molecular formula is C20H24ClN5. The Morgan fingerprint density at radius 1 is 1.19 bits per heavy atom. The fourth-order valence-electron chi connectivity index (χ4n) is 2.66. The fraction of sp³-hybridized carbons (Fsp3) is 0.350. The highest BCUT2D eigenvalue weighted by Gasteiger charge is 2.10. The lowest BCUT2D eigenvalue weighted by Crippen LogP contribution is -2.08. The number of aromatic nitrogens is 4. The molecule has 3 aromatic heterocycles. The van der Waals surface area contributed by atoms with Crippen LogP contribution in [0.15, 0.2) is 43.0 Å². The topological polar surface area (TPSA) is 55.6 Å². The molecule has 0 spiro atoms. The Labute approximate surface area is 159 Å². The van der Waals surface area contributed by atoms with Crippen LogP contribution in [0.3, 0.4) is 0 Å². The number of nitrogens with one attached hydrogen (secondary N) is 1. The lowest BCUT2D eigenvalue weighted by molar-refractivity contribution is 0.688. The summed E-state index contributed by atoms with van der Waals surface area (Å²) >= 11 is 6.45. The summed E-state index contributed by atoms with van der Waals surface area (Å²) in [7, 11) is 0. The molecule has 0 bridgehead atoms. The van der Waals surface area contributed by atoms with Crippen LogP contribution in [-0.2, 0) is 6.42 Å². The Kier molecular flexibility index (Phi) is 5.89. The summed E-state index contributed by atoms with van der Waals surface area (Å²) in [6.07, 6.45) is 9.39. The summed E-state index contributed by atoms with van der Waals surface area (Å²) in [6.45, 7) is 7.36. The molecule has 0 aliphatic rings. The van der Waals surface area contributed by atoms with Crippen LogP contribution in [-0.4, -0.2) is 26.3 Å². The number of hydrogen-bond acceptors (Lipinski definition) is 4. The zero-order chi connectivity index (χ0) is 18.5. The first kappa shape index (κ1) is 18.4. The number of halogens is 1. The van der Waals surface area contributed by atoms with Gasteiger partial charge in [0.15, 0.2) is 0 Å². The first-order valence-electron chi connectivity index (χ1n) is 8.96. The van der Waals surface area contributed by atoms with Gasteiger partial charge in [-0.25, -0.2) is 4.68 Å². The highest BCUT2D eigenvalue weighted by molar-refractivity contribution is 6.33. The molecule has 0 unspecified atom stereocenters. The third-order valence-corrected chi connectivity index (χ3v) is 4.27. The average Bonchev–Trinajstić information content (AvgIpc) is 3.10. The molecule has 0 fully saturated rings. The third kappa shape index (κ3) is 4.41. The van der Waals surface area contributed by atoms with Crippen molar-refractivity contribution in [2.24, 2.45) is 5.92 Å². The Morgan fingerprint density at radius 2 is 2.04 bits per heavy atom. The largest absolute Gasteiger partial charge is 0.384 e. The quantitative estimate of drug-likeness (QED) is 0.636. The van der Waals surface area contributed by atoms with E-state index < -0.39 is 0 Å². The highest BCUT2D eigenvalue weighted by Crippen LogP contribution is 2.28. The highest BCUT2D eigenvalue weighted by atomic mass is 35.5. The van der Waals surface area contributed by atoms with Crippen molar-refractivity contribution in [1.29, 1.82) is 0 Å². The third-order valence-electron chi connectivity index (χ3n) is 3.98. The minimum atomic E-state index is 0.560. The molecule has 26 heavy (non-hydrogen) atoms. The van der Waals surface area contributed by atoms with Gasteiger partial charge in [-0.15, -0.1) is 0 Å². The van der Waals surface area contributed by atoms with Crippen molar-refractivity contribution in [3.05, 3.63) is 53.7 Å². The molecule has 0 saturated heterocycles. The van der Waals surface area contributed by atoms with Crippen LogP contribution in [0.25, 0.3) is 16.9 Å². The molecule has 0 amide bonds. The predicted molar refractivity (Wildman–Crippen MR) is 107 cm³/mol. The summed E-state index contributed by atoms with van der Waals surface area (Å²) in [5.41, 5.74) is 4.60. The van der Waals surface area contributed by atoms with Crippen LogP contribution in [0, 0.1) is 5.92 Å². The molecule has 5 nitrogen and oxygen atoms in total. The fourth-order valence-corrected chi connectivity index (χ4v) is 2.93. The van der Waals surface area contributed by atoms with Crippen LogP contribution in [0.4, 0.5) is 5.69 Å². The van der Waals surface area contributed by atoms with Crippen molar-refractivity contribution in [2.45, 2.75) is 33.6 Å². The maximum atomic E-state index is 6.45. The second-order valence-electron chi connectivity index (χ2n) is 6.76. The molecule has 1 N–H and O–H groups in total. The minimum Gasteiger partial charge on any atom is -0.384 e. The van der Waals surface area contributed by atoms with E-state index in [2.05, 4.69) is 47.2 Å². The second-order valence-corrected chi connectivity index (χ2v) is 7.17. The van der Waals surface area contributed by atoms with Crippen LogP contribution < -0.4 is 5.32 Å². The van der Waals surface area contributed by atoms with Crippen molar-refractivity contribution < 1.29 is 0 Å². The Bertz CT molecular complexity index is 872. The molecule has 3 heterocycles. The molecular weight excluding hydrogens is 346 g/mol. The lowest BCUT2D eigenvalue weighted by atomic mass is 10.2. The van der Waals surface area contributed by atoms with E-state index in [4.69, 9.17) is 11.6 Å². The Morgan fingerprint density at radius 3 is 2.77 bits per heavy atom. The minimum absolute atomic E-state index is 0.560. The normalized spacial score (nSPS) is 11.1. The monoisotopic (exact) mass is 369 g/mol. The van der Waals surface area contributed by atoms with Crippen molar-refractivity contribution in [3.63, 3.8) is 0 Å². The molecule has 0 saturated carbocycles. The number of anilines is 1. The maximum absolute atomic E-state index is 6.45. The predicted octanol–water partition coefficient (Wildman–Crippen LogP) is 5.00. The number of rotatable bonds is 7. The van der Waals surface area contributed by atoms with Gasteiger partial charge in [0.2, 0.25) is 0 Å². The van der Waals surface area contributed by atoms with Gasteiger partial charge in [0, 0.05) is 30.2 Å². The maximum Gasteiger partial charge on any atom is 0.0921 e. The van der Waals surface area contributed by atoms with Gasteiger partial charge in [-0.2, -0.15) is 5.10 Å². The molecule has 0 atom stereocenters. The number of pyridine rings is 2. The zero-order valence-electron chi connectivity index (χ0n) is 15.4. The van der Waals surface area contributed by atoms with Gasteiger partial charge in [-0.3, -0.25) is 9.97 Å². The van der Waals surface area contributed by atoms with Gasteiger partial charge in [0.25, 0.3) is 0 Å². The zero-order valence-corrected chi connectivity index (χ0v) is 16.2. The van der Waals surface area contributed by atoms with Gasteiger partial charge >= 0.3 is 0 Å². The number of aryl methyl sites for hydroxylation is 1. The SMILES string of the molecule is CCCc1cc(-n2cc(-c3ncc(NCC(C)C)cc3Cl)cn2)ccn1. The van der Waals surface area contributed by atoms with Gasteiger partial charge in [0.1, 0.15) is 0 Å². The summed E-state index contributed by atoms with van der Waals surface area (Å²) < 4.78 is 1.83. The van der Waals surface area contributed by atoms with Gasteiger partial charge in [-0.1, -0.05) is 38.8 Å². The van der Waals surface area contributed by atoms with Crippen molar-refractivity contribution in [2.75, 3.05) is 11.9 Å². The number of hydrogen-bond donors (Lipinski definition) is 1. The molecule has 0 radical (unpaired) electrons. The van der Waals surface area contributed by atoms with Crippen molar-refractivity contribution in [3.8, 4) is 16.9 Å². The summed E-state index contributed by atoms with van der Waals surface area (Å²) in [4.78, 5) is 8.91. The molecule has 0 aliphatic carbocycles. The van der Waals surface area contributed by atoms with Crippen LogP contribution in [0.2, 0.25) is 5.02 Å². The van der Waals surface area contributed by atoms with E-state index in [1.165, 1.54) is 0 Å². The molecule has 6 heteroatoms. The lowest BCUT2D eigenvalue weighted by Gasteiger charge is -2.10. The van der Waals surface area contributed by atoms with Crippen LogP contribution in [0.1, 0.15) is 32.9 Å². The van der Waals surface area contributed by atoms with E-state index in [1.54, 1.807) is 6.20 Å². The van der Waals surface area contributed by atoms with Crippen molar-refractivity contribution in [1.82, 2.24) is 19.7 Å². The summed E-state index contributed by atoms with van der Waals surface area (Å²) in [5.74, 6) is 0.560.